The summed E-state index contributed by atoms with van der Waals surface area (Å²) in [5.41, 5.74) is 1.80. The van der Waals surface area contributed by atoms with E-state index in [1.807, 2.05) is 31.3 Å². The van der Waals surface area contributed by atoms with E-state index in [0.29, 0.717) is 5.69 Å². The van der Waals surface area contributed by atoms with Gasteiger partial charge >= 0.3 is 0 Å². The van der Waals surface area contributed by atoms with Gasteiger partial charge in [0.2, 0.25) is 5.91 Å². The first-order valence-electron chi connectivity index (χ1n) is 8.33. The molecule has 2 aliphatic rings. The number of carbonyl (C=O) groups excluding carboxylic acids is 1. The van der Waals surface area contributed by atoms with Crippen LogP contribution in [0.15, 0.2) is 42.6 Å². The summed E-state index contributed by atoms with van der Waals surface area (Å²) in [5.74, 6) is -0.130. The zero-order valence-electron chi connectivity index (χ0n) is 13.6. The minimum Gasteiger partial charge on any atom is -0.344 e. The number of hydrogen-bond donors (Lipinski definition) is 1. The molecule has 3 heterocycles. The number of likely N-dealkylation sites (tertiary alicyclic amines) is 1. The van der Waals surface area contributed by atoms with Gasteiger partial charge in [-0.3, -0.25) is 15.1 Å². The first kappa shape index (κ1) is 15.3. The summed E-state index contributed by atoms with van der Waals surface area (Å²) >= 11 is 0. The molecule has 5 heteroatoms. The fourth-order valence-corrected chi connectivity index (χ4v) is 3.92. The summed E-state index contributed by atoms with van der Waals surface area (Å²) in [5, 5.41) is 3.55. The fourth-order valence-electron chi connectivity index (χ4n) is 3.92. The Hall–Kier alpha value is -2.27. The highest BCUT2D eigenvalue weighted by atomic mass is 19.1. The van der Waals surface area contributed by atoms with Crippen LogP contribution < -0.4 is 5.32 Å². The van der Waals surface area contributed by atoms with Crippen molar-refractivity contribution in [2.75, 3.05) is 13.6 Å². The van der Waals surface area contributed by atoms with E-state index < -0.39 is 5.54 Å². The zero-order valence-corrected chi connectivity index (χ0v) is 13.6. The van der Waals surface area contributed by atoms with E-state index in [9.17, 15) is 9.18 Å². The molecule has 124 valence electrons. The van der Waals surface area contributed by atoms with Crippen LogP contribution >= 0.6 is 0 Å². The minimum absolute atomic E-state index is 0.118. The molecule has 1 aromatic heterocycles. The maximum Gasteiger partial charge on any atom is 0.242 e. The molecule has 4 nitrogen and oxygen atoms in total. The number of rotatable bonds is 2. The molecule has 2 saturated heterocycles. The number of carbonyl (C=O) groups is 1. The standard InChI is InChI=1S/C19H20FN3O/c1-23-11-9-19(18(23)24)8-7-16(22-19)13-4-2-5-14(12-13)17-15(20)6-3-10-21-17/h2-6,10,12,16,22H,7-9,11H2,1H3/t16-,19+/m1/s1. The van der Waals surface area contributed by atoms with Crippen LogP contribution in [0.4, 0.5) is 4.39 Å². The number of aromatic nitrogens is 1. The lowest BCUT2D eigenvalue weighted by atomic mass is 9.95. The van der Waals surface area contributed by atoms with E-state index in [4.69, 9.17) is 0 Å². The molecule has 0 aliphatic carbocycles. The number of pyridine rings is 1. The number of likely N-dealkylation sites (N-methyl/N-ethyl adjacent to an activating group) is 1. The van der Waals surface area contributed by atoms with Crippen LogP contribution in [0.1, 0.15) is 30.9 Å². The number of nitrogens with zero attached hydrogens (tertiary/aromatic N) is 2. The first-order valence-corrected chi connectivity index (χ1v) is 8.33. The summed E-state index contributed by atoms with van der Waals surface area (Å²) < 4.78 is 14.0. The third kappa shape index (κ3) is 2.40. The molecule has 4 rings (SSSR count). The minimum atomic E-state index is -0.411. The summed E-state index contributed by atoms with van der Waals surface area (Å²) in [4.78, 5) is 18.4. The monoisotopic (exact) mass is 325 g/mol. The van der Waals surface area contributed by atoms with Gasteiger partial charge in [-0.2, -0.15) is 0 Å². The van der Waals surface area contributed by atoms with E-state index in [1.165, 1.54) is 6.07 Å². The van der Waals surface area contributed by atoms with Gasteiger partial charge in [0.25, 0.3) is 0 Å². The lowest BCUT2D eigenvalue weighted by Gasteiger charge is -2.23. The van der Waals surface area contributed by atoms with Crippen molar-refractivity contribution in [3.63, 3.8) is 0 Å². The van der Waals surface area contributed by atoms with Crippen LogP contribution in [0.3, 0.4) is 0 Å². The average molecular weight is 325 g/mol. The second-order valence-electron chi connectivity index (χ2n) is 6.75. The normalized spacial score (nSPS) is 26.5. The molecule has 1 spiro atoms. The SMILES string of the molecule is CN1CC[C@@]2(CC[C@H](c3cccc(-c4ncccc4F)c3)N2)C1=O. The molecule has 0 saturated carbocycles. The van der Waals surface area contributed by atoms with Crippen molar-refractivity contribution in [1.82, 2.24) is 15.2 Å². The first-order chi connectivity index (χ1) is 11.6. The molecule has 0 unspecified atom stereocenters. The van der Waals surface area contributed by atoms with E-state index in [0.717, 1.165) is 36.9 Å². The fraction of sp³-hybridized carbons (Fsp3) is 0.368. The zero-order chi connectivity index (χ0) is 16.7. The summed E-state index contributed by atoms with van der Waals surface area (Å²) in [6.45, 7) is 0.803. The highest BCUT2D eigenvalue weighted by molar-refractivity contribution is 5.88. The predicted molar refractivity (Wildman–Crippen MR) is 89.7 cm³/mol. The van der Waals surface area contributed by atoms with Gasteiger partial charge in [0.05, 0.1) is 0 Å². The van der Waals surface area contributed by atoms with Crippen LogP contribution in [0.5, 0.6) is 0 Å². The van der Waals surface area contributed by atoms with Gasteiger partial charge in [0, 0.05) is 31.4 Å². The van der Waals surface area contributed by atoms with Crippen LogP contribution in [0.2, 0.25) is 0 Å². The molecule has 2 aliphatic heterocycles. The van der Waals surface area contributed by atoms with E-state index in [2.05, 4.69) is 10.3 Å². The second kappa shape index (κ2) is 5.67. The van der Waals surface area contributed by atoms with Gasteiger partial charge in [-0.15, -0.1) is 0 Å². The Morgan fingerprint density at radius 2 is 2.17 bits per heavy atom. The topological polar surface area (TPSA) is 45.2 Å². The van der Waals surface area contributed by atoms with Crippen LogP contribution in [-0.4, -0.2) is 34.9 Å². The highest BCUT2D eigenvalue weighted by Gasteiger charge is 2.49. The average Bonchev–Trinajstić information content (AvgIpc) is 3.16. The summed E-state index contributed by atoms with van der Waals surface area (Å²) in [6.07, 6.45) is 4.21. The summed E-state index contributed by atoms with van der Waals surface area (Å²) in [7, 11) is 1.86. The van der Waals surface area contributed by atoms with E-state index in [-0.39, 0.29) is 17.8 Å². The highest BCUT2D eigenvalue weighted by Crippen LogP contribution is 2.39. The molecule has 0 radical (unpaired) electrons. The molecule has 1 amide bonds. The van der Waals surface area contributed by atoms with Crippen LogP contribution in [0, 0.1) is 5.82 Å². The Labute approximate surface area is 140 Å². The smallest absolute Gasteiger partial charge is 0.242 e. The maximum atomic E-state index is 14.0. The van der Waals surface area contributed by atoms with Gasteiger partial charge < -0.3 is 4.90 Å². The number of amides is 1. The molecular weight excluding hydrogens is 305 g/mol. The molecule has 24 heavy (non-hydrogen) atoms. The second-order valence-corrected chi connectivity index (χ2v) is 6.75. The third-order valence-electron chi connectivity index (χ3n) is 5.26. The predicted octanol–water partition coefficient (Wildman–Crippen LogP) is 2.91. The van der Waals surface area contributed by atoms with E-state index in [1.54, 1.807) is 17.2 Å². The van der Waals surface area contributed by atoms with Crippen LogP contribution in [0.25, 0.3) is 11.3 Å². The Morgan fingerprint density at radius 3 is 2.92 bits per heavy atom. The number of halogens is 1. The van der Waals surface area contributed by atoms with Gasteiger partial charge in [0.15, 0.2) is 0 Å². The van der Waals surface area contributed by atoms with Crippen LogP contribution in [-0.2, 0) is 4.79 Å². The van der Waals surface area contributed by atoms with Gasteiger partial charge in [-0.1, -0.05) is 18.2 Å². The molecule has 2 fully saturated rings. The van der Waals surface area contributed by atoms with Crippen molar-refractivity contribution >= 4 is 5.91 Å². The molecule has 1 N–H and O–H groups in total. The van der Waals surface area contributed by atoms with Gasteiger partial charge in [0.1, 0.15) is 17.1 Å². The Morgan fingerprint density at radius 1 is 1.29 bits per heavy atom. The van der Waals surface area contributed by atoms with Crippen molar-refractivity contribution in [3.8, 4) is 11.3 Å². The van der Waals surface area contributed by atoms with Crippen molar-refractivity contribution < 1.29 is 9.18 Å². The Kier molecular flexibility index (Phi) is 3.61. The van der Waals surface area contributed by atoms with Crippen molar-refractivity contribution in [2.24, 2.45) is 0 Å². The Balaban J connectivity index is 1.62. The van der Waals surface area contributed by atoms with Crippen molar-refractivity contribution in [2.45, 2.75) is 30.8 Å². The molecule has 2 atom stereocenters. The lowest BCUT2D eigenvalue weighted by Crippen LogP contribution is -2.47. The summed E-state index contributed by atoms with van der Waals surface area (Å²) in [6, 6.07) is 10.9. The van der Waals surface area contributed by atoms with Gasteiger partial charge in [-0.05, 0) is 43.0 Å². The van der Waals surface area contributed by atoms with E-state index >= 15 is 0 Å². The van der Waals surface area contributed by atoms with Gasteiger partial charge in [-0.25, -0.2) is 4.39 Å². The molecule has 2 aromatic rings. The third-order valence-corrected chi connectivity index (χ3v) is 5.26. The number of benzene rings is 1. The largest absolute Gasteiger partial charge is 0.344 e. The number of hydrogen-bond acceptors (Lipinski definition) is 3. The molecule has 1 aromatic carbocycles. The number of nitrogens with one attached hydrogen (secondary N) is 1. The van der Waals surface area contributed by atoms with Crippen molar-refractivity contribution in [1.29, 1.82) is 0 Å². The van der Waals surface area contributed by atoms with Crippen molar-refractivity contribution in [3.05, 3.63) is 54.0 Å². The lowest BCUT2D eigenvalue weighted by molar-refractivity contribution is -0.131. The molecule has 0 bridgehead atoms. The maximum absolute atomic E-state index is 14.0. The quantitative estimate of drug-likeness (QED) is 0.923. The molecular formula is C19H20FN3O. The Bertz CT molecular complexity index is 794.